The lowest BCUT2D eigenvalue weighted by atomic mass is 9.87. The van der Waals surface area contributed by atoms with E-state index in [0.29, 0.717) is 12.8 Å². The Kier molecular flexibility index (Phi) is 3.83. The highest BCUT2D eigenvalue weighted by Crippen LogP contribution is 2.33. The standard InChI is InChI=1S/C11H12ClF2N5/c12-10-7(4-15)17-5-8(19-10)18-6-2-1-3-11(13,14)9(6)16/h5-6,9H,1-3,16H2,(H,18,19). The zero-order valence-electron chi connectivity index (χ0n) is 9.91. The Bertz CT molecular complexity index is 516. The molecule has 1 heterocycles. The minimum absolute atomic E-state index is 0.00881. The third kappa shape index (κ3) is 2.91. The van der Waals surface area contributed by atoms with Gasteiger partial charge < -0.3 is 11.1 Å². The van der Waals surface area contributed by atoms with Crippen molar-refractivity contribution in [3.63, 3.8) is 0 Å². The third-order valence-electron chi connectivity index (χ3n) is 3.12. The molecule has 2 atom stereocenters. The summed E-state index contributed by atoms with van der Waals surface area (Å²) in [5.41, 5.74) is 5.54. The van der Waals surface area contributed by atoms with Gasteiger partial charge in [-0.3, -0.25) is 0 Å². The summed E-state index contributed by atoms with van der Waals surface area (Å²) < 4.78 is 27.0. The fourth-order valence-corrected chi connectivity index (χ4v) is 2.24. The summed E-state index contributed by atoms with van der Waals surface area (Å²) in [5, 5.41) is 11.4. The number of rotatable bonds is 2. The second-order valence-electron chi connectivity index (χ2n) is 4.44. The van der Waals surface area contributed by atoms with Gasteiger partial charge in [0.05, 0.1) is 12.2 Å². The zero-order valence-corrected chi connectivity index (χ0v) is 10.7. The molecular formula is C11H12ClF2N5. The van der Waals surface area contributed by atoms with Gasteiger partial charge in [-0.15, -0.1) is 0 Å². The Morgan fingerprint density at radius 1 is 1.58 bits per heavy atom. The van der Waals surface area contributed by atoms with Gasteiger partial charge >= 0.3 is 0 Å². The second kappa shape index (κ2) is 5.23. The number of alkyl halides is 2. The van der Waals surface area contributed by atoms with E-state index >= 15 is 0 Å². The van der Waals surface area contributed by atoms with Crippen LogP contribution in [0.3, 0.4) is 0 Å². The number of nitriles is 1. The number of nitrogens with zero attached hydrogens (tertiary/aromatic N) is 3. The largest absolute Gasteiger partial charge is 0.364 e. The van der Waals surface area contributed by atoms with E-state index < -0.39 is 18.0 Å². The van der Waals surface area contributed by atoms with E-state index in [4.69, 9.17) is 22.6 Å². The molecule has 19 heavy (non-hydrogen) atoms. The topological polar surface area (TPSA) is 87.6 Å². The van der Waals surface area contributed by atoms with E-state index in [2.05, 4.69) is 15.3 Å². The molecule has 8 heteroatoms. The molecule has 5 nitrogen and oxygen atoms in total. The lowest BCUT2D eigenvalue weighted by molar-refractivity contribution is -0.0554. The van der Waals surface area contributed by atoms with Gasteiger partial charge in [-0.05, 0) is 12.8 Å². The lowest BCUT2D eigenvalue weighted by Crippen LogP contribution is -2.55. The van der Waals surface area contributed by atoms with Crippen LogP contribution in [-0.2, 0) is 0 Å². The molecule has 1 aromatic heterocycles. The summed E-state index contributed by atoms with van der Waals surface area (Å²) in [6.07, 6.45) is 1.99. The third-order valence-corrected chi connectivity index (χ3v) is 3.38. The molecule has 0 radical (unpaired) electrons. The summed E-state index contributed by atoms with van der Waals surface area (Å²) in [5.74, 6) is -2.65. The highest BCUT2D eigenvalue weighted by atomic mass is 35.5. The molecule has 3 N–H and O–H groups in total. The molecule has 0 spiro atoms. The van der Waals surface area contributed by atoms with E-state index in [1.165, 1.54) is 6.20 Å². The van der Waals surface area contributed by atoms with Gasteiger partial charge in [-0.1, -0.05) is 11.6 Å². The number of nitrogens with two attached hydrogens (primary N) is 1. The van der Waals surface area contributed by atoms with Crippen molar-refractivity contribution in [1.29, 1.82) is 5.26 Å². The Morgan fingerprint density at radius 2 is 2.32 bits per heavy atom. The summed E-state index contributed by atoms with van der Waals surface area (Å²) >= 11 is 5.72. The summed E-state index contributed by atoms with van der Waals surface area (Å²) in [4.78, 5) is 7.67. The van der Waals surface area contributed by atoms with Crippen LogP contribution >= 0.6 is 11.6 Å². The number of nitrogens with one attached hydrogen (secondary N) is 1. The number of halogens is 3. The van der Waals surface area contributed by atoms with E-state index in [0.717, 1.165) is 0 Å². The number of hydrogen-bond acceptors (Lipinski definition) is 5. The minimum Gasteiger partial charge on any atom is -0.364 e. The van der Waals surface area contributed by atoms with E-state index in [9.17, 15) is 8.78 Å². The van der Waals surface area contributed by atoms with E-state index in [1.807, 2.05) is 0 Å². The zero-order chi connectivity index (χ0) is 14.0. The molecule has 1 fully saturated rings. The molecular weight excluding hydrogens is 276 g/mol. The Labute approximate surface area is 113 Å². The fourth-order valence-electron chi connectivity index (χ4n) is 2.06. The molecule has 0 amide bonds. The highest BCUT2D eigenvalue weighted by molar-refractivity contribution is 6.30. The maximum atomic E-state index is 13.5. The Hall–Kier alpha value is -1.52. The van der Waals surface area contributed by atoms with E-state index in [1.54, 1.807) is 6.07 Å². The quantitative estimate of drug-likeness (QED) is 0.868. The molecule has 0 saturated heterocycles. The maximum Gasteiger partial charge on any atom is 0.264 e. The summed E-state index contributed by atoms with van der Waals surface area (Å²) in [6, 6.07) is -0.106. The molecule has 1 saturated carbocycles. The van der Waals surface area contributed by atoms with Crippen LogP contribution in [0, 0.1) is 11.3 Å². The minimum atomic E-state index is -2.89. The van der Waals surface area contributed by atoms with Crippen LogP contribution in [0.5, 0.6) is 0 Å². The Balaban J connectivity index is 2.13. The molecule has 2 rings (SSSR count). The first-order valence-electron chi connectivity index (χ1n) is 5.76. The summed E-state index contributed by atoms with van der Waals surface area (Å²) in [6.45, 7) is 0. The van der Waals surface area contributed by atoms with Crippen LogP contribution in [0.4, 0.5) is 14.6 Å². The van der Waals surface area contributed by atoms with Crippen LogP contribution in [0.2, 0.25) is 5.15 Å². The van der Waals surface area contributed by atoms with Crippen molar-refractivity contribution >= 4 is 17.4 Å². The molecule has 102 valence electrons. The Morgan fingerprint density at radius 3 is 2.95 bits per heavy atom. The number of anilines is 1. The van der Waals surface area contributed by atoms with Crippen LogP contribution in [0.15, 0.2) is 6.20 Å². The first-order valence-corrected chi connectivity index (χ1v) is 6.14. The normalized spacial score (nSPS) is 25.6. The van der Waals surface area contributed by atoms with Gasteiger partial charge in [0.2, 0.25) is 0 Å². The fraction of sp³-hybridized carbons (Fsp3) is 0.545. The van der Waals surface area contributed by atoms with Gasteiger partial charge in [-0.2, -0.15) is 5.26 Å². The first-order chi connectivity index (χ1) is 8.94. The lowest BCUT2D eigenvalue weighted by Gasteiger charge is -2.36. The van der Waals surface area contributed by atoms with E-state index in [-0.39, 0.29) is 23.1 Å². The van der Waals surface area contributed by atoms with Crippen molar-refractivity contribution in [2.45, 2.75) is 37.3 Å². The van der Waals surface area contributed by atoms with Gasteiger partial charge in [-0.25, -0.2) is 18.7 Å². The maximum absolute atomic E-state index is 13.5. The SMILES string of the molecule is N#Cc1ncc(NC2CCCC(F)(F)C2N)nc1Cl. The van der Waals surface area contributed by atoms with Crippen LogP contribution in [0.25, 0.3) is 0 Å². The highest BCUT2D eigenvalue weighted by Gasteiger charge is 2.44. The molecule has 1 aliphatic carbocycles. The van der Waals surface area contributed by atoms with Gasteiger partial charge in [0, 0.05) is 12.5 Å². The van der Waals surface area contributed by atoms with Gasteiger partial charge in [0.15, 0.2) is 10.8 Å². The smallest absolute Gasteiger partial charge is 0.264 e. The molecule has 0 aliphatic heterocycles. The molecule has 1 aliphatic rings. The van der Waals surface area contributed by atoms with Crippen molar-refractivity contribution in [3.8, 4) is 6.07 Å². The second-order valence-corrected chi connectivity index (χ2v) is 4.79. The molecule has 1 aromatic rings. The average molecular weight is 288 g/mol. The van der Waals surface area contributed by atoms with Crippen LogP contribution < -0.4 is 11.1 Å². The molecule has 0 aromatic carbocycles. The van der Waals surface area contributed by atoms with Gasteiger partial charge in [0.25, 0.3) is 5.92 Å². The average Bonchev–Trinajstić information content (AvgIpc) is 2.35. The van der Waals surface area contributed by atoms with Crippen molar-refractivity contribution in [2.75, 3.05) is 5.32 Å². The monoisotopic (exact) mass is 287 g/mol. The van der Waals surface area contributed by atoms with Gasteiger partial charge in [0.1, 0.15) is 11.9 Å². The number of aromatic nitrogens is 2. The van der Waals surface area contributed by atoms with Crippen LogP contribution in [0.1, 0.15) is 25.0 Å². The van der Waals surface area contributed by atoms with Crippen molar-refractivity contribution in [3.05, 3.63) is 17.0 Å². The predicted octanol–water partition coefficient (Wildman–Crippen LogP) is 1.93. The molecule has 2 unspecified atom stereocenters. The first kappa shape index (κ1) is 13.9. The van der Waals surface area contributed by atoms with Crippen LogP contribution in [-0.4, -0.2) is 28.0 Å². The molecule has 0 bridgehead atoms. The summed E-state index contributed by atoms with van der Waals surface area (Å²) in [7, 11) is 0. The van der Waals surface area contributed by atoms with Crippen molar-refractivity contribution in [1.82, 2.24) is 9.97 Å². The van der Waals surface area contributed by atoms with Crippen molar-refractivity contribution < 1.29 is 8.78 Å². The predicted molar refractivity (Wildman–Crippen MR) is 65.9 cm³/mol. The van der Waals surface area contributed by atoms with Crippen molar-refractivity contribution in [2.24, 2.45) is 5.73 Å². The number of hydrogen-bond donors (Lipinski definition) is 2.